The summed E-state index contributed by atoms with van der Waals surface area (Å²) in [5.41, 5.74) is 2.42. The van der Waals surface area contributed by atoms with Crippen LogP contribution in [-0.2, 0) is 15.8 Å². The number of hydrogen-bond donors (Lipinski definition) is 1. The van der Waals surface area contributed by atoms with Gasteiger partial charge in [-0.25, -0.2) is 4.98 Å². The summed E-state index contributed by atoms with van der Waals surface area (Å²) in [5.74, 6) is 0.805. The molecule has 1 aliphatic heterocycles. The van der Waals surface area contributed by atoms with Crippen molar-refractivity contribution in [1.29, 1.82) is 0 Å². The molecule has 0 spiro atoms. The van der Waals surface area contributed by atoms with Crippen molar-refractivity contribution in [2.24, 2.45) is 5.92 Å². The second-order valence-electron chi connectivity index (χ2n) is 10.9. The Hall–Kier alpha value is -1.21. The van der Waals surface area contributed by atoms with Crippen molar-refractivity contribution >= 4 is 77.0 Å². The number of fused-ring (bicyclic) bond motifs is 1. The first kappa shape index (κ1) is 27.8. The van der Waals surface area contributed by atoms with Gasteiger partial charge in [0, 0.05) is 16.0 Å². The second kappa shape index (κ2) is 10.5. The van der Waals surface area contributed by atoms with Gasteiger partial charge in [0.2, 0.25) is 5.28 Å². The van der Waals surface area contributed by atoms with Gasteiger partial charge >= 0.3 is 0 Å². The monoisotopic (exact) mass is 657 g/mol. The fraction of sp³-hybridized carbons (Fsp3) is 0.520. The summed E-state index contributed by atoms with van der Waals surface area (Å²) in [6, 6.07) is 8.27. The van der Waals surface area contributed by atoms with Gasteiger partial charge < -0.3 is 9.74 Å². The minimum Gasteiger partial charge on any atom is -0.411 e. The summed E-state index contributed by atoms with van der Waals surface area (Å²) in [7, 11) is -2.10. The molecule has 4 unspecified atom stereocenters. The maximum absolute atomic E-state index is 12.5. The number of rotatable bonds is 7. The Kier molecular flexibility index (Phi) is 8.12. The molecular weight excluding hydrogens is 625 g/mol. The first-order valence-corrected chi connectivity index (χ1v) is 17.3. The lowest BCUT2D eigenvalue weighted by Crippen LogP contribution is -2.47. The highest BCUT2D eigenvalue weighted by Gasteiger charge is 2.50. The maximum atomic E-state index is 12.5. The Morgan fingerprint density at radius 3 is 2.67 bits per heavy atom. The number of benzene rings is 1. The molecule has 194 valence electrons. The molecule has 0 saturated carbocycles. The van der Waals surface area contributed by atoms with Crippen LogP contribution in [0.1, 0.15) is 45.6 Å². The summed E-state index contributed by atoms with van der Waals surface area (Å²) in [4.78, 5) is 26.2. The molecule has 4 rings (SSSR count). The van der Waals surface area contributed by atoms with E-state index < -0.39 is 8.32 Å². The predicted octanol–water partition coefficient (Wildman–Crippen LogP) is 6.93. The predicted molar refractivity (Wildman–Crippen MR) is 159 cm³/mol. The number of Topliss-reactive ketones (excluding diaryl/α,β-unsaturated/α-hetero) is 1. The summed E-state index contributed by atoms with van der Waals surface area (Å²) in [6.45, 7) is 15.6. The maximum Gasteiger partial charge on any atom is 0.226 e. The number of hydrogen-bond acceptors (Lipinski definition) is 7. The van der Waals surface area contributed by atoms with Gasteiger partial charge in [0.05, 0.1) is 17.7 Å². The van der Waals surface area contributed by atoms with Gasteiger partial charge in [-0.2, -0.15) is 9.97 Å². The Balaban J connectivity index is 1.71. The minimum atomic E-state index is -2.10. The van der Waals surface area contributed by atoms with Crippen LogP contribution in [0.5, 0.6) is 0 Å². The highest BCUT2D eigenvalue weighted by atomic mass is 127. The molecule has 1 saturated heterocycles. The van der Waals surface area contributed by atoms with E-state index in [1.165, 1.54) is 3.57 Å². The van der Waals surface area contributed by atoms with Crippen LogP contribution >= 0.6 is 46.0 Å². The summed E-state index contributed by atoms with van der Waals surface area (Å²) < 4.78 is 10.1. The SMILES string of the molecule is CC(=O)C1SC(n2cnc3c(NCc4cccc(I)c4)nc(Cl)nc32)C(O[Si](C)(C)C(C)(C)C)C1C. The molecule has 1 aliphatic rings. The van der Waals surface area contributed by atoms with E-state index in [1.54, 1.807) is 25.0 Å². The molecule has 1 fully saturated rings. The van der Waals surface area contributed by atoms with Crippen LogP contribution in [0.3, 0.4) is 0 Å². The molecule has 3 heterocycles. The lowest BCUT2D eigenvalue weighted by Gasteiger charge is -2.40. The van der Waals surface area contributed by atoms with Crippen LogP contribution in [0.4, 0.5) is 5.82 Å². The van der Waals surface area contributed by atoms with Crippen molar-refractivity contribution in [3.63, 3.8) is 0 Å². The molecule has 1 N–H and O–H groups in total. The van der Waals surface area contributed by atoms with Gasteiger partial charge in [-0.1, -0.05) is 39.8 Å². The minimum absolute atomic E-state index is 0.0467. The number of anilines is 1. The number of aromatic nitrogens is 4. The fourth-order valence-corrected chi connectivity index (χ4v) is 8.07. The Bertz CT molecular complexity index is 1280. The molecule has 11 heteroatoms. The van der Waals surface area contributed by atoms with Crippen LogP contribution in [0, 0.1) is 9.49 Å². The van der Waals surface area contributed by atoms with Gasteiger partial charge in [-0.15, -0.1) is 11.8 Å². The lowest BCUT2D eigenvalue weighted by atomic mass is 9.98. The molecule has 0 amide bonds. The van der Waals surface area contributed by atoms with E-state index in [4.69, 9.17) is 16.0 Å². The summed E-state index contributed by atoms with van der Waals surface area (Å²) in [5, 5.41) is 3.27. The van der Waals surface area contributed by atoms with Gasteiger partial charge in [-0.3, -0.25) is 9.36 Å². The number of imidazole rings is 1. The van der Waals surface area contributed by atoms with Gasteiger partial charge in [0.1, 0.15) is 11.2 Å². The van der Waals surface area contributed by atoms with Crippen LogP contribution in [-0.4, -0.2) is 45.0 Å². The van der Waals surface area contributed by atoms with Crippen molar-refractivity contribution < 1.29 is 9.22 Å². The van der Waals surface area contributed by atoms with E-state index in [0.717, 1.165) is 5.56 Å². The molecule has 7 nitrogen and oxygen atoms in total. The van der Waals surface area contributed by atoms with E-state index >= 15 is 0 Å². The van der Waals surface area contributed by atoms with Crippen molar-refractivity contribution in [2.75, 3.05) is 5.32 Å². The Labute approximate surface area is 236 Å². The number of thioether (sulfide) groups is 1. The molecule has 0 bridgehead atoms. The quantitative estimate of drug-likeness (QED) is 0.168. The molecule has 0 radical (unpaired) electrons. The third kappa shape index (κ3) is 5.62. The van der Waals surface area contributed by atoms with Gasteiger partial charge in [-0.05, 0) is 76.9 Å². The number of ketones is 1. The van der Waals surface area contributed by atoms with E-state index in [9.17, 15) is 4.79 Å². The highest BCUT2D eigenvalue weighted by molar-refractivity contribution is 14.1. The van der Waals surface area contributed by atoms with Crippen molar-refractivity contribution in [3.05, 3.63) is 45.0 Å². The van der Waals surface area contributed by atoms with Gasteiger partial charge in [0.15, 0.2) is 25.3 Å². The highest BCUT2D eigenvalue weighted by Crippen LogP contribution is 2.51. The van der Waals surface area contributed by atoms with Gasteiger partial charge in [0.25, 0.3) is 0 Å². The molecule has 36 heavy (non-hydrogen) atoms. The van der Waals surface area contributed by atoms with Crippen molar-refractivity contribution in [1.82, 2.24) is 19.5 Å². The van der Waals surface area contributed by atoms with Crippen LogP contribution in [0.2, 0.25) is 23.4 Å². The number of nitrogens with one attached hydrogen (secondary N) is 1. The van der Waals surface area contributed by atoms with E-state index in [0.29, 0.717) is 23.5 Å². The normalized spacial score (nSPS) is 22.8. The van der Waals surface area contributed by atoms with Crippen molar-refractivity contribution in [2.45, 2.75) is 76.0 Å². The van der Waals surface area contributed by atoms with E-state index in [1.807, 2.05) is 10.6 Å². The fourth-order valence-electron chi connectivity index (χ4n) is 4.19. The standard InChI is InChI=1S/C25H33ClIN5O2SSi/c1-14-19(34-36(6,7)25(3,4)5)23(35-20(14)15(2)33)32-13-29-18-21(30-24(26)31-22(18)32)28-12-16-9-8-10-17(27)11-16/h8-11,13-14,19-20,23H,12H2,1-7H3,(H,28,30,31). The zero-order valence-electron chi connectivity index (χ0n) is 21.7. The number of nitrogens with zero attached hydrogens (tertiary/aromatic N) is 4. The molecule has 1 aromatic carbocycles. The number of halogens is 2. The van der Waals surface area contributed by atoms with Crippen LogP contribution < -0.4 is 5.32 Å². The molecular formula is C25H33ClIN5O2SSi. The van der Waals surface area contributed by atoms with E-state index in [2.05, 4.69) is 102 Å². The first-order chi connectivity index (χ1) is 16.8. The lowest BCUT2D eigenvalue weighted by molar-refractivity contribution is -0.117. The zero-order chi connectivity index (χ0) is 26.4. The molecule has 0 aliphatic carbocycles. The summed E-state index contributed by atoms with van der Waals surface area (Å²) >= 11 is 10.3. The third-order valence-electron chi connectivity index (χ3n) is 7.22. The Morgan fingerprint density at radius 2 is 2.03 bits per heavy atom. The first-order valence-electron chi connectivity index (χ1n) is 12.0. The van der Waals surface area contributed by atoms with Crippen molar-refractivity contribution in [3.8, 4) is 0 Å². The molecule has 2 aromatic heterocycles. The molecule has 3 aromatic rings. The number of carbonyl (C=O) groups is 1. The largest absolute Gasteiger partial charge is 0.411 e. The van der Waals surface area contributed by atoms with Crippen LogP contribution in [0.25, 0.3) is 11.2 Å². The number of carbonyl (C=O) groups excluding carboxylic acids is 1. The average molecular weight is 658 g/mol. The average Bonchev–Trinajstić information content (AvgIpc) is 3.32. The zero-order valence-corrected chi connectivity index (χ0v) is 26.4. The third-order valence-corrected chi connectivity index (χ3v) is 14.4. The Morgan fingerprint density at radius 1 is 1.31 bits per heavy atom. The topological polar surface area (TPSA) is 81.9 Å². The summed E-state index contributed by atoms with van der Waals surface area (Å²) in [6.07, 6.45) is 1.63. The van der Waals surface area contributed by atoms with E-state index in [-0.39, 0.29) is 38.8 Å². The smallest absolute Gasteiger partial charge is 0.226 e. The second-order valence-corrected chi connectivity index (χ2v) is 18.5. The van der Waals surface area contributed by atoms with Crippen LogP contribution in [0.15, 0.2) is 30.6 Å². The molecule has 4 atom stereocenters.